The molecule has 19 heavy (non-hydrogen) atoms. The first-order valence-electron chi connectivity index (χ1n) is 5.77. The maximum atomic E-state index is 14.0. The van der Waals surface area contributed by atoms with Gasteiger partial charge in [0.1, 0.15) is 6.17 Å². The molecule has 8 heteroatoms. The van der Waals surface area contributed by atoms with E-state index in [4.69, 9.17) is 10.8 Å². The van der Waals surface area contributed by atoms with Crippen LogP contribution in [-0.4, -0.2) is 37.4 Å². The number of nitrogens with one attached hydrogen (secondary N) is 1. The van der Waals surface area contributed by atoms with Crippen LogP contribution in [0.3, 0.4) is 0 Å². The van der Waals surface area contributed by atoms with Crippen molar-refractivity contribution in [2.45, 2.75) is 18.6 Å². The first-order valence-corrected chi connectivity index (χ1v) is 5.77. The summed E-state index contributed by atoms with van der Waals surface area (Å²) in [7, 11) is 0. The number of nitrogens with two attached hydrogens (primary N) is 1. The van der Waals surface area contributed by atoms with E-state index >= 15 is 0 Å². The van der Waals surface area contributed by atoms with Gasteiger partial charge in [0, 0.05) is 6.42 Å². The summed E-state index contributed by atoms with van der Waals surface area (Å²) in [6.07, 6.45) is 1.98. The second kappa shape index (κ2) is 4.16. The number of hydrogen-bond acceptors (Lipinski definition) is 5. The van der Waals surface area contributed by atoms with Crippen LogP contribution in [0.4, 0.5) is 10.3 Å². The third-order valence-corrected chi connectivity index (χ3v) is 3.21. The topological polar surface area (TPSA) is 110 Å². The Morgan fingerprint density at radius 3 is 3.11 bits per heavy atom. The highest BCUT2D eigenvalue weighted by atomic mass is 19.1. The number of hydrogen-bond donors (Lipinski definition) is 3. The van der Waals surface area contributed by atoms with Gasteiger partial charge in [0.25, 0.3) is 5.56 Å². The van der Waals surface area contributed by atoms with Gasteiger partial charge >= 0.3 is 0 Å². The summed E-state index contributed by atoms with van der Waals surface area (Å²) in [5.41, 5.74) is 6.01. The van der Waals surface area contributed by atoms with Crippen LogP contribution in [0.1, 0.15) is 12.5 Å². The molecule has 0 bridgehead atoms. The number of rotatable bonds is 2. The Balaban J connectivity index is 2.16. The predicted octanol–water partition coefficient (Wildman–Crippen LogP) is -0.0966. The highest BCUT2D eigenvalue weighted by molar-refractivity contribution is 5.70. The smallest absolute Gasteiger partial charge is 0.280 e. The largest absolute Gasteiger partial charge is 0.392 e. The number of H-pyrrole nitrogens is 1. The van der Waals surface area contributed by atoms with Crippen LogP contribution in [0.15, 0.2) is 22.8 Å². The minimum Gasteiger partial charge on any atom is -0.392 e. The van der Waals surface area contributed by atoms with E-state index in [-0.39, 0.29) is 30.1 Å². The monoisotopic (exact) mass is 265 g/mol. The molecule has 2 aromatic rings. The van der Waals surface area contributed by atoms with E-state index in [0.717, 1.165) is 0 Å². The Kier molecular flexibility index (Phi) is 2.59. The van der Waals surface area contributed by atoms with E-state index in [9.17, 15) is 9.18 Å². The zero-order valence-corrected chi connectivity index (χ0v) is 9.88. The molecule has 3 rings (SSSR count). The van der Waals surface area contributed by atoms with E-state index in [0.29, 0.717) is 5.57 Å². The lowest BCUT2D eigenvalue weighted by atomic mass is 10.2. The standard InChI is InChI=1S/C11H12FN5O2/c12-6-1-5(3-18)2-7(6)17-4-14-8-9(17)15-11(13)16-10(8)19/h2,4,6-7,18H,1,3H2,(H3,13,15,16,19)/t6?,7-/m1/s1. The number of alkyl halides is 1. The molecule has 0 amide bonds. The molecule has 2 heterocycles. The Morgan fingerprint density at radius 2 is 2.42 bits per heavy atom. The molecule has 0 saturated heterocycles. The second-order valence-electron chi connectivity index (χ2n) is 4.47. The SMILES string of the molecule is Nc1nc2c(ncn2[C@@H]2C=C(CO)CC2F)c(=O)[nH]1. The third kappa shape index (κ3) is 1.80. The van der Waals surface area contributed by atoms with Crippen LogP contribution in [0, 0.1) is 0 Å². The summed E-state index contributed by atoms with van der Waals surface area (Å²) < 4.78 is 15.4. The van der Waals surface area contributed by atoms with Crippen LogP contribution >= 0.6 is 0 Å². The fraction of sp³-hybridized carbons (Fsp3) is 0.364. The molecule has 0 spiro atoms. The van der Waals surface area contributed by atoms with E-state index in [1.165, 1.54) is 10.9 Å². The average Bonchev–Trinajstić information content (AvgIpc) is 2.92. The zero-order valence-electron chi connectivity index (χ0n) is 9.88. The van der Waals surface area contributed by atoms with Gasteiger partial charge in [-0.2, -0.15) is 4.98 Å². The van der Waals surface area contributed by atoms with Crippen LogP contribution in [0.5, 0.6) is 0 Å². The Bertz CT molecular complexity index is 719. The highest BCUT2D eigenvalue weighted by Gasteiger charge is 2.30. The van der Waals surface area contributed by atoms with Gasteiger partial charge in [-0.3, -0.25) is 9.78 Å². The summed E-state index contributed by atoms with van der Waals surface area (Å²) >= 11 is 0. The van der Waals surface area contributed by atoms with E-state index < -0.39 is 17.8 Å². The summed E-state index contributed by atoms with van der Waals surface area (Å²) in [5, 5.41) is 9.05. The molecular formula is C11H12FN5O2. The molecule has 0 radical (unpaired) electrons. The third-order valence-electron chi connectivity index (χ3n) is 3.21. The maximum absolute atomic E-state index is 14.0. The van der Waals surface area contributed by atoms with Crippen molar-refractivity contribution >= 4 is 17.1 Å². The van der Waals surface area contributed by atoms with Crippen molar-refractivity contribution in [1.82, 2.24) is 19.5 Å². The summed E-state index contributed by atoms with van der Waals surface area (Å²) in [4.78, 5) is 21.9. The molecule has 0 fully saturated rings. The van der Waals surface area contributed by atoms with E-state index in [1.807, 2.05) is 0 Å². The fourth-order valence-electron chi connectivity index (χ4n) is 2.32. The molecule has 7 nitrogen and oxygen atoms in total. The maximum Gasteiger partial charge on any atom is 0.280 e. The van der Waals surface area contributed by atoms with Gasteiger partial charge in [0.2, 0.25) is 5.95 Å². The number of nitrogens with zero attached hydrogens (tertiary/aromatic N) is 3. The minimum absolute atomic E-state index is 0.0426. The molecular weight excluding hydrogens is 253 g/mol. The molecule has 0 aliphatic heterocycles. The summed E-state index contributed by atoms with van der Waals surface area (Å²) in [6.45, 7) is -0.181. The molecule has 1 aliphatic rings. The van der Waals surface area contributed by atoms with Gasteiger partial charge in [-0.1, -0.05) is 6.08 Å². The van der Waals surface area contributed by atoms with Gasteiger partial charge in [-0.05, 0) is 5.57 Å². The normalized spacial score (nSPS) is 22.9. The fourth-order valence-corrected chi connectivity index (χ4v) is 2.32. The highest BCUT2D eigenvalue weighted by Crippen LogP contribution is 2.32. The lowest BCUT2D eigenvalue weighted by molar-refractivity contribution is 0.271. The van der Waals surface area contributed by atoms with Crippen LogP contribution < -0.4 is 11.3 Å². The number of aromatic amines is 1. The van der Waals surface area contributed by atoms with Gasteiger partial charge < -0.3 is 15.4 Å². The van der Waals surface area contributed by atoms with E-state index in [1.54, 1.807) is 6.08 Å². The number of aromatic nitrogens is 4. The Hall–Kier alpha value is -2.22. The van der Waals surface area contributed by atoms with Crippen molar-refractivity contribution in [3.8, 4) is 0 Å². The van der Waals surface area contributed by atoms with Crippen molar-refractivity contribution in [2.75, 3.05) is 12.3 Å². The summed E-state index contributed by atoms with van der Waals surface area (Å²) in [6, 6.07) is -0.624. The predicted molar refractivity (Wildman–Crippen MR) is 66.3 cm³/mol. The van der Waals surface area contributed by atoms with Gasteiger partial charge in [0.05, 0.1) is 19.0 Å². The molecule has 2 atom stereocenters. The van der Waals surface area contributed by atoms with Gasteiger partial charge in [0.15, 0.2) is 11.2 Å². The van der Waals surface area contributed by atoms with Crippen LogP contribution in [-0.2, 0) is 0 Å². The van der Waals surface area contributed by atoms with Crippen molar-refractivity contribution in [3.63, 3.8) is 0 Å². The Labute approximate surface area is 106 Å². The second-order valence-corrected chi connectivity index (χ2v) is 4.47. The van der Waals surface area contributed by atoms with Gasteiger partial charge in [-0.15, -0.1) is 0 Å². The number of nitrogen functional groups attached to an aromatic ring is 1. The molecule has 0 saturated carbocycles. The quantitative estimate of drug-likeness (QED) is 0.657. The molecule has 0 aromatic carbocycles. The van der Waals surface area contributed by atoms with Crippen molar-refractivity contribution in [3.05, 3.63) is 28.3 Å². The molecule has 1 aliphatic carbocycles. The molecule has 4 N–H and O–H groups in total. The first-order chi connectivity index (χ1) is 9.10. The number of halogens is 1. The lowest BCUT2D eigenvalue weighted by Crippen LogP contribution is -2.17. The number of aliphatic hydroxyl groups is 1. The number of aliphatic hydroxyl groups excluding tert-OH is 1. The van der Waals surface area contributed by atoms with Crippen LogP contribution in [0.25, 0.3) is 11.2 Å². The number of fused-ring (bicyclic) bond motifs is 1. The van der Waals surface area contributed by atoms with Crippen molar-refractivity contribution < 1.29 is 9.50 Å². The van der Waals surface area contributed by atoms with Crippen molar-refractivity contribution in [2.24, 2.45) is 0 Å². The number of anilines is 1. The number of imidazole rings is 1. The van der Waals surface area contributed by atoms with Crippen molar-refractivity contribution in [1.29, 1.82) is 0 Å². The molecule has 2 aromatic heterocycles. The lowest BCUT2D eigenvalue weighted by Gasteiger charge is -2.13. The minimum atomic E-state index is -1.18. The zero-order chi connectivity index (χ0) is 13.6. The molecule has 1 unspecified atom stereocenters. The average molecular weight is 265 g/mol. The molecule has 100 valence electrons. The van der Waals surface area contributed by atoms with E-state index in [2.05, 4.69) is 15.0 Å². The Morgan fingerprint density at radius 1 is 1.63 bits per heavy atom. The summed E-state index contributed by atoms with van der Waals surface area (Å²) in [5.74, 6) is -0.0426. The van der Waals surface area contributed by atoms with Crippen LogP contribution in [0.2, 0.25) is 0 Å². The van der Waals surface area contributed by atoms with Gasteiger partial charge in [-0.25, -0.2) is 9.37 Å². The first kappa shape index (κ1) is 11.8. The number of allylic oxidation sites excluding steroid dienone is 1.